The molecular formula is C28H27N5O2S2. The van der Waals surface area contributed by atoms with Gasteiger partial charge >= 0.3 is 0 Å². The molecular weight excluding hydrogens is 502 g/mol. The van der Waals surface area contributed by atoms with Gasteiger partial charge in [-0.25, -0.2) is 4.98 Å². The molecule has 2 aromatic carbocycles. The van der Waals surface area contributed by atoms with Crippen molar-refractivity contribution in [1.29, 1.82) is 0 Å². The van der Waals surface area contributed by atoms with Gasteiger partial charge < -0.3 is 25.3 Å². The number of nitrogens with one attached hydrogen (secondary N) is 3. The van der Waals surface area contributed by atoms with Gasteiger partial charge in [-0.3, -0.25) is 4.79 Å². The summed E-state index contributed by atoms with van der Waals surface area (Å²) < 4.78 is 6.24. The van der Waals surface area contributed by atoms with E-state index in [0.717, 1.165) is 29.3 Å². The molecule has 2 aliphatic rings. The van der Waals surface area contributed by atoms with Crippen LogP contribution in [0.5, 0.6) is 0 Å². The molecule has 4 aromatic rings. The number of nitrogens with zero attached hydrogens (tertiary/aromatic N) is 2. The molecule has 1 saturated heterocycles. The Bertz CT molecular complexity index is 1490. The summed E-state index contributed by atoms with van der Waals surface area (Å²) in [4.78, 5) is 26.1. The van der Waals surface area contributed by atoms with Crippen LogP contribution < -0.4 is 21.1 Å². The van der Waals surface area contributed by atoms with Crippen molar-refractivity contribution in [3.63, 3.8) is 0 Å². The average Bonchev–Trinajstić information content (AvgIpc) is 2.94. The number of fused-ring (bicyclic) bond motifs is 2. The lowest BCUT2D eigenvalue weighted by Gasteiger charge is -2.36. The van der Waals surface area contributed by atoms with Crippen molar-refractivity contribution in [3.8, 4) is 0 Å². The van der Waals surface area contributed by atoms with Crippen LogP contribution in [0, 0.1) is 0 Å². The molecule has 6 rings (SSSR count). The lowest BCUT2D eigenvalue weighted by molar-refractivity contribution is 0.0379. The monoisotopic (exact) mass is 529 g/mol. The van der Waals surface area contributed by atoms with E-state index in [0.29, 0.717) is 19.7 Å². The van der Waals surface area contributed by atoms with E-state index in [-0.39, 0.29) is 11.7 Å². The molecule has 1 fully saturated rings. The smallest absolute Gasteiger partial charge is 0.249 e. The number of benzene rings is 2. The highest BCUT2D eigenvalue weighted by Gasteiger charge is 2.28. The summed E-state index contributed by atoms with van der Waals surface area (Å²) >= 11 is 3.61. The number of ether oxygens (including phenoxy) is 1. The van der Waals surface area contributed by atoms with Crippen molar-refractivity contribution < 1.29 is 4.74 Å². The molecule has 2 aliphatic heterocycles. The zero-order valence-electron chi connectivity index (χ0n) is 20.4. The van der Waals surface area contributed by atoms with E-state index in [2.05, 4.69) is 68.0 Å². The van der Waals surface area contributed by atoms with Crippen molar-refractivity contribution in [2.45, 2.75) is 32.2 Å². The van der Waals surface area contributed by atoms with Gasteiger partial charge in [0.2, 0.25) is 5.56 Å². The minimum absolute atomic E-state index is 0.0561. The Kier molecular flexibility index (Phi) is 6.82. The number of H-pyrrole nitrogens is 1. The third kappa shape index (κ3) is 5.07. The maximum absolute atomic E-state index is 11.8. The fraction of sp³-hybridized carbons (Fsp3) is 0.214. The molecule has 0 aliphatic carbocycles. The molecule has 188 valence electrons. The van der Waals surface area contributed by atoms with Gasteiger partial charge in [0.15, 0.2) is 0 Å². The molecule has 9 heteroatoms. The Hall–Kier alpha value is -3.40. The van der Waals surface area contributed by atoms with Crippen LogP contribution in [0.15, 0.2) is 97.4 Å². The number of hydrogen-bond acceptors (Lipinski definition) is 8. The normalized spacial score (nSPS) is 16.6. The Morgan fingerprint density at radius 1 is 1.08 bits per heavy atom. The third-order valence-corrected chi connectivity index (χ3v) is 9.15. The zero-order chi connectivity index (χ0) is 25.2. The zero-order valence-corrected chi connectivity index (χ0v) is 22.0. The molecule has 0 bridgehead atoms. The number of anilines is 3. The van der Waals surface area contributed by atoms with Gasteiger partial charge in [0.25, 0.3) is 0 Å². The van der Waals surface area contributed by atoms with Crippen molar-refractivity contribution in [2.75, 3.05) is 42.3 Å². The highest BCUT2D eigenvalue weighted by Crippen LogP contribution is 2.51. The second-order valence-electron chi connectivity index (χ2n) is 8.87. The number of rotatable bonds is 6. The molecule has 37 heavy (non-hydrogen) atoms. The van der Waals surface area contributed by atoms with Gasteiger partial charge in [-0.1, -0.05) is 41.7 Å². The quantitative estimate of drug-likeness (QED) is 0.262. The SMILES string of the molecule is CNc1ncccc1CNc1ccc2c(c1)Sc1cccc(C3CN(c4cc[nH]c(=O)c4)CCO3)c1S2. The Labute approximate surface area is 224 Å². The number of pyridine rings is 2. The van der Waals surface area contributed by atoms with Gasteiger partial charge in [-0.15, -0.1) is 0 Å². The Morgan fingerprint density at radius 3 is 2.92 bits per heavy atom. The van der Waals surface area contributed by atoms with Gasteiger partial charge in [0, 0.05) is 81.7 Å². The standard InChI is InChI=1S/C28H27N5O2S2/c1-29-28-18(4-3-10-31-28)16-32-19-7-8-23-25(14-19)36-24-6-2-5-21(27(24)37-23)22-17-33(12-13-35-22)20-9-11-30-26(34)15-20/h2-11,14-15,22,32H,12-13,16-17H2,1H3,(H,29,31)(H,30,34). The maximum atomic E-state index is 11.8. The van der Waals surface area contributed by atoms with E-state index in [1.807, 2.05) is 30.9 Å². The van der Waals surface area contributed by atoms with Crippen LogP contribution in [-0.2, 0) is 11.3 Å². The highest BCUT2D eigenvalue weighted by molar-refractivity contribution is 8.05. The van der Waals surface area contributed by atoms with E-state index < -0.39 is 0 Å². The molecule has 0 radical (unpaired) electrons. The first kappa shape index (κ1) is 24.0. The second kappa shape index (κ2) is 10.5. The maximum Gasteiger partial charge on any atom is 0.249 e. The molecule has 1 atom stereocenters. The summed E-state index contributed by atoms with van der Waals surface area (Å²) in [6.45, 7) is 2.80. The van der Waals surface area contributed by atoms with E-state index >= 15 is 0 Å². The van der Waals surface area contributed by atoms with E-state index in [1.165, 1.54) is 25.1 Å². The topological polar surface area (TPSA) is 82.3 Å². The third-order valence-electron chi connectivity index (χ3n) is 6.53. The van der Waals surface area contributed by atoms with Crippen LogP contribution in [0.1, 0.15) is 17.2 Å². The molecule has 4 heterocycles. The number of aromatic amines is 1. The first-order chi connectivity index (χ1) is 18.2. The molecule has 3 N–H and O–H groups in total. The predicted octanol–water partition coefficient (Wildman–Crippen LogP) is 5.62. The summed E-state index contributed by atoms with van der Waals surface area (Å²) in [5.41, 5.74) is 4.26. The average molecular weight is 530 g/mol. The first-order valence-electron chi connectivity index (χ1n) is 12.2. The summed E-state index contributed by atoms with van der Waals surface area (Å²) in [7, 11) is 1.89. The molecule has 0 amide bonds. The minimum atomic E-state index is -0.0852. The Balaban J connectivity index is 1.20. The fourth-order valence-corrected chi connectivity index (χ4v) is 7.14. The second-order valence-corrected chi connectivity index (χ2v) is 11.0. The van der Waals surface area contributed by atoms with Crippen molar-refractivity contribution >= 4 is 40.7 Å². The first-order valence-corrected chi connectivity index (χ1v) is 13.8. The van der Waals surface area contributed by atoms with Crippen LogP contribution in [0.4, 0.5) is 17.2 Å². The fourth-order valence-electron chi connectivity index (χ4n) is 4.69. The van der Waals surface area contributed by atoms with Crippen molar-refractivity contribution in [3.05, 3.63) is 94.5 Å². The van der Waals surface area contributed by atoms with Crippen molar-refractivity contribution in [1.82, 2.24) is 9.97 Å². The number of hydrogen-bond donors (Lipinski definition) is 3. The van der Waals surface area contributed by atoms with Gasteiger partial charge in [-0.2, -0.15) is 0 Å². The lowest BCUT2D eigenvalue weighted by Crippen LogP contribution is -2.39. The highest BCUT2D eigenvalue weighted by atomic mass is 32.2. The number of morpholine rings is 1. The van der Waals surface area contributed by atoms with Crippen LogP contribution in [0.3, 0.4) is 0 Å². The predicted molar refractivity (Wildman–Crippen MR) is 150 cm³/mol. The molecule has 2 aromatic heterocycles. The van der Waals surface area contributed by atoms with E-state index in [9.17, 15) is 4.79 Å². The van der Waals surface area contributed by atoms with E-state index in [4.69, 9.17) is 4.74 Å². The molecule has 1 unspecified atom stereocenters. The number of aromatic nitrogens is 2. The minimum Gasteiger partial charge on any atom is -0.381 e. The van der Waals surface area contributed by atoms with Crippen LogP contribution in [0.2, 0.25) is 0 Å². The lowest BCUT2D eigenvalue weighted by atomic mass is 10.1. The van der Waals surface area contributed by atoms with E-state index in [1.54, 1.807) is 30.2 Å². The van der Waals surface area contributed by atoms with Crippen LogP contribution in [0.25, 0.3) is 0 Å². The van der Waals surface area contributed by atoms with Gasteiger partial charge in [0.1, 0.15) is 11.9 Å². The summed E-state index contributed by atoms with van der Waals surface area (Å²) in [5.74, 6) is 0.891. The molecule has 0 spiro atoms. The largest absolute Gasteiger partial charge is 0.381 e. The molecule has 0 saturated carbocycles. The van der Waals surface area contributed by atoms with Crippen LogP contribution >= 0.6 is 23.5 Å². The van der Waals surface area contributed by atoms with Gasteiger partial charge in [0.05, 0.1) is 6.61 Å². The van der Waals surface area contributed by atoms with Crippen LogP contribution in [-0.4, -0.2) is 36.7 Å². The van der Waals surface area contributed by atoms with Gasteiger partial charge in [-0.05, 0) is 42.0 Å². The Morgan fingerprint density at radius 2 is 2.03 bits per heavy atom. The van der Waals surface area contributed by atoms with Crippen molar-refractivity contribution in [2.24, 2.45) is 0 Å². The summed E-state index contributed by atoms with van der Waals surface area (Å²) in [5, 5.41) is 6.70. The molecule has 7 nitrogen and oxygen atoms in total. The summed E-state index contributed by atoms with van der Waals surface area (Å²) in [6, 6.07) is 20.7. The summed E-state index contributed by atoms with van der Waals surface area (Å²) in [6.07, 6.45) is 3.45.